The number of primary amides is 1. The fourth-order valence-corrected chi connectivity index (χ4v) is 5.74. The molecular formula is C39H49N3O7. The molecule has 4 atom stereocenters. The maximum Gasteiger partial charge on any atom is 0.306 e. The van der Waals surface area contributed by atoms with E-state index in [1.165, 1.54) is 7.05 Å². The zero-order valence-corrected chi connectivity index (χ0v) is 29.1. The predicted octanol–water partition coefficient (Wildman–Crippen LogP) is 4.80. The van der Waals surface area contributed by atoms with Gasteiger partial charge in [0.2, 0.25) is 17.6 Å². The minimum atomic E-state index is -1.16. The standard InChI is InChI=1S/C39H49N3O7/c1-6-26(4)35(41-38(47)32(18-25(2)3)22-34(44)49-24-27-12-8-7-9-13-27)36(45)39(48)42(5)23-33(43)21-31(37(40)46)20-28-16-17-29-14-10-11-15-30(29)19-28/h7-17,19,25-26,31-32,35H,6,18,20-24H2,1-5H3,(H2,40,46)(H,41,47). The summed E-state index contributed by atoms with van der Waals surface area (Å²) in [7, 11) is 1.33. The molecule has 0 aromatic heterocycles. The van der Waals surface area contributed by atoms with E-state index < -0.39 is 65.6 Å². The van der Waals surface area contributed by atoms with Gasteiger partial charge < -0.3 is 20.7 Å². The Morgan fingerprint density at radius 1 is 0.816 bits per heavy atom. The molecule has 10 heteroatoms. The fraction of sp³-hybridized carbons (Fsp3) is 0.436. The number of fused-ring (bicyclic) bond motifs is 1. The van der Waals surface area contributed by atoms with E-state index in [2.05, 4.69) is 5.32 Å². The van der Waals surface area contributed by atoms with Gasteiger partial charge in [-0.05, 0) is 46.6 Å². The Labute approximate surface area is 288 Å². The largest absolute Gasteiger partial charge is 0.461 e. The van der Waals surface area contributed by atoms with Crippen molar-refractivity contribution in [2.45, 2.75) is 72.4 Å². The lowest BCUT2D eigenvalue weighted by molar-refractivity contribution is -0.149. The van der Waals surface area contributed by atoms with E-state index in [1.807, 2.05) is 93.6 Å². The van der Waals surface area contributed by atoms with Gasteiger partial charge in [0, 0.05) is 25.3 Å². The van der Waals surface area contributed by atoms with Crippen LogP contribution in [0.25, 0.3) is 10.8 Å². The Kier molecular flexibility index (Phi) is 14.7. The Bertz CT molecular complexity index is 1620. The van der Waals surface area contributed by atoms with Crippen molar-refractivity contribution in [2.24, 2.45) is 29.4 Å². The summed E-state index contributed by atoms with van der Waals surface area (Å²) in [6, 6.07) is 21.6. The fourth-order valence-electron chi connectivity index (χ4n) is 5.74. The van der Waals surface area contributed by atoms with E-state index in [0.717, 1.165) is 26.8 Å². The van der Waals surface area contributed by atoms with Gasteiger partial charge in [0.1, 0.15) is 6.61 Å². The Hall–Kier alpha value is -4.86. The van der Waals surface area contributed by atoms with E-state index in [-0.39, 0.29) is 31.8 Å². The van der Waals surface area contributed by atoms with Crippen LogP contribution in [-0.2, 0) is 46.5 Å². The average Bonchev–Trinajstić information content (AvgIpc) is 3.08. The van der Waals surface area contributed by atoms with Gasteiger partial charge in [-0.2, -0.15) is 0 Å². The van der Waals surface area contributed by atoms with Crippen molar-refractivity contribution < 1.29 is 33.5 Å². The Morgan fingerprint density at radius 2 is 1.47 bits per heavy atom. The number of Topliss-reactive ketones (excluding diaryl/α,β-unsaturated/α-hetero) is 2. The first kappa shape index (κ1) is 38.6. The second-order valence-corrected chi connectivity index (χ2v) is 13.3. The number of hydrogen-bond donors (Lipinski definition) is 2. The van der Waals surface area contributed by atoms with Gasteiger partial charge in [0.15, 0.2) is 5.78 Å². The molecule has 0 aliphatic carbocycles. The van der Waals surface area contributed by atoms with E-state index >= 15 is 0 Å². The van der Waals surface area contributed by atoms with Crippen LogP contribution >= 0.6 is 0 Å². The lowest BCUT2D eigenvalue weighted by Crippen LogP contribution is -2.53. The molecule has 0 aliphatic heterocycles. The lowest BCUT2D eigenvalue weighted by Gasteiger charge is -2.27. The summed E-state index contributed by atoms with van der Waals surface area (Å²) < 4.78 is 5.40. The van der Waals surface area contributed by atoms with Crippen molar-refractivity contribution >= 4 is 46.0 Å². The first-order chi connectivity index (χ1) is 23.3. The molecule has 0 saturated heterocycles. The van der Waals surface area contributed by atoms with Gasteiger partial charge in [-0.25, -0.2) is 0 Å². The number of nitrogens with two attached hydrogens (primary N) is 1. The number of nitrogens with one attached hydrogen (secondary N) is 1. The molecule has 4 unspecified atom stereocenters. The molecule has 0 spiro atoms. The summed E-state index contributed by atoms with van der Waals surface area (Å²) >= 11 is 0. The highest BCUT2D eigenvalue weighted by molar-refractivity contribution is 6.38. The van der Waals surface area contributed by atoms with Gasteiger partial charge >= 0.3 is 5.97 Å². The highest BCUT2D eigenvalue weighted by Gasteiger charge is 2.35. The third-order valence-electron chi connectivity index (χ3n) is 8.72. The monoisotopic (exact) mass is 671 g/mol. The third kappa shape index (κ3) is 12.0. The molecule has 3 aromatic carbocycles. The number of likely N-dealkylation sites (N-methyl/N-ethyl adjacent to an activating group) is 1. The van der Waals surface area contributed by atoms with E-state index in [9.17, 15) is 28.8 Å². The quantitative estimate of drug-likeness (QED) is 0.137. The van der Waals surface area contributed by atoms with Gasteiger partial charge in [-0.3, -0.25) is 28.8 Å². The predicted molar refractivity (Wildman–Crippen MR) is 188 cm³/mol. The van der Waals surface area contributed by atoms with Crippen LogP contribution in [0.1, 0.15) is 64.5 Å². The number of esters is 1. The van der Waals surface area contributed by atoms with Crippen LogP contribution in [0.2, 0.25) is 0 Å². The number of benzene rings is 3. The summed E-state index contributed by atoms with van der Waals surface area (Å²) in [6.45, 7) is 7.10. The summed E-state index contributed by atoms with van der Waals surface area (Å²) in [4.78, 5) is 79.4. The minimum Gasteiger partial charge on any atom is -0.461 e. The molecule has 0 saturated carbocycles. The van der Waals surface area contributed by atoms with Crippen LogP contribution in [0, 0.1) is 23.7 Å². The van der Waals surface area contributed by atoms with Crippen molar-refractivity contribution in [3.8, 4) is 0 Å². The van der Waals surface area contributed by atoms with Gasteiger partial charge in [0.25, 0.3) is 5.91 Å². The number of nitrogens with zero attached hydrogens (tertiary/aromatic N) is 1. The van der Waals surface area contributed by atoms with Crippen molar-refractivity contribution in [1.29, 1.82) is 0 Å². The molecule has 49 heavy (non-hydrogen) atoms. The maximum atomic E-state index is 13.5. The highest BCUT2D eigenvalue weighted by atomic mass is 16.5. The Morgan fingerprint density at radius 3 is 2.10 bits per heavy atom. The van der Waals surface area contributed by atoms with E-state index in [0.29, 0.717) is 12.8 Å². The molecule has 0 heterocycles. The molecule has 3 amide bonds. The Balaban J connectivity index is 1.63. The summed E-state index contributed by atoms with van der Waals surface area (Å²) in [5, 5.41) is 4.79. The molecule has 3 rings (SSSR count). The average molecular weight is 672 g/mol. The zero-order valence-electron chi connectivity index (χ0n) is 29.1. The smallest absolute Gasteiger partial charge is 0.306 e. The molecule has 0 fully saturated rings. The summed E-state index contributed by atoms with van der Waals surface area (Å²) in [6.07, 6.45) is 0.728. The van der Waals surface area contributed by atoms with E-state index in [1.54, 1.807) is 6.92 Å². The van der Waals surface area contributed by atoms with E-state index in [4.69, 9.17) is 10.5 Å². The molecular weight excluding hydrogens is 622 g/mol. The summed E-state index contributed by atoms with van der Waals surface area (Å²) in [5.74, 6) is -5.83. The molecule has 0 bridgehead atoms. The first-order valence-electron chi connectivity index (χ1n) is 16.9. The van der Waals surface area contributed by atoms with Gasteiger partial charge in [0.05, 0.1) is 19.0 Å². The zero-order chi connectivity index (χ0) is 36.1. The molecule has 0 radical (unpaired) electrons. The first-order valence-corrected chi connectivity index (χ1v) is 16.9. The maximum absolute atomic E-state index is 13.5. The SMILES string of the molecule is CCC(C)C(NC(=O)C(CC(=O)OCc1ccccc1)CC(C)C)C(=O)C(=O)N(C)CC(=O)CC(Cc1ccc2ccccc2c1)C(N)=O. The van der Waals surface area contributed by atoms with Crippen LogP contribution in [0.5, 0.6) is 0 Å². The van der Waals surface area contributed by atoms with Crippen molar-refractivity contribution in [2.75, 3.05) is 13.6 Å². The van der Waals surface area contributed by atoms with Crippen molar-refractivity contribution in [3.05, 3.63) is 83.9 Å². The number of ketones is 2. The van der Waals surface area contributed by atoms with Crippen molar-refractivity contribution in [3.63, 3.8) is 0 Å². The highest BCUT2D eigenvalue weighted by Crippen LogP contribution is 2.21. The van der Waals surface area contributed by atoms with Crippen LogP contribution in [0.4, 0.5) is 0 Å². The number of carbonyl (C=O) groups excluding carboxylic acids is 6. The van der Waals surface area contributed by atoms with Gasteiger partial charge in [-0.1, -0.05) is 107 Å². The van der Waals surface area contributed by atoms with Crippen LogP contribution in [-0.4, -0.2) is 59.8 Å². The summed E-state index contributed by atoms with van der Waals surface area (Å²) in [5.41, 5.74) is 7.32. The number of ether oxygens (including phenoxy) is 1. The topological polar surface area (TPSA) is 153 Å². The normalized spacial score (nSPS) is 13.6. The molecule has 10 nitrogen and oxygen atoms in total. The second-order valence-electron chi connectivity index (χ2n) is 13.3. The lowest BCUT2D eigenvalue weighted by atomic mass is 9.90. The van der Waals surface area contributed by atoms with Crippen molar-refractivity contribution in [1.82, 2.24) is 10.2 Å². The van der Waals surface area contributed by atoms with Crippen LogP contribution < -0.4 is 11.1 Å². The second kappa shape index (κ2) is 18.6. The number of carbonyl (C=O) groups is 6. The van der Waals surface area contributed by atoms with Crippen LogP contribution in [0.15, 0.2) is 72.8 Å². The van der Waals surface area contributed by atoms with Gasteiger partial charge in [-0.15, -0.1) is 0 Å². The number of hydrogen-bond acceptors (Lipinski definition) is 7. The number of rotatable bonds is 19. The molecule has 262 valence electrons. The minimum absolute atomic E-state index is 0.0691. The van der Waals surface area contributed by atoms with Crippen LogP contribution in [0.3, 0.4) is 0 Å². The molecule has 3 N–H and O–H groups in total. The molecule has 3 aromatic rings. The molecule has 0 aliphatic rings. The third-order valence-corrected chi connectivity index (χ3v) is 8.72. The number of amides is 3.